The van der Waals surface area contributed by atoms with E-state index in [0.29, 0.717) is 5.92 Å². The fourth-order valence-electron chi connectivity index (χ4n) is 2.24. The molecule has 1 aliphatic carbocycles. The second-order valence-electron chi connectivity index (χ2n) is 4.29. The van der Waals surface area contributed by atoms with E-state index < -0.39 is 0 Å². The number of methoxy groups -OCH3 is 2. The van der Waals surface area contributed by atoms with E-state index in [0.717, 1.165) is 17.1 Å². The molecule has 0 unspecified atom stereocenters. The molecule has 1 atom stereocenters. The van der Waals surface area contributed by atoms with E-state index in [1.807, 2.05) is 18.2 Å². The SMILES string of the molecule is COc1cccc(OC)c1[C@H](N)C1CCC1.Cl. The molecule has 2 N–H and O–H groups in total. The largest absolute Gasteiger partial charge is 0.496 e. The average molecular weight is 258 g/mol. The summed E-state index contributed by atoms with van der Waals surface area (Å²) in [6.45, 7) is 0. The standard InChI is InChI=1S/C13H19NO2.ClH/c1-15-10-7-4-8-11(16-2)12(10)13(14)9-5-3-6-9;/h4,7-9,13H,3,5-6,14H2,1-2H3;1H/t13-;/m1./s1. The van der Waals surface area contributed by atoms with Crippen LogP contribution in [0, 0.1) is 5.92 Å². The smallest absolute Gasteiger partial charge is 0.127 e. The Morgan fingerprint density at radius 2 is 1.71 bits per heavy atom. The quantitative estimate of drug-likeness (QED) is 0.902. The molecule has 1 aliphatic rings. The summed E-state index contributed by atoms with van der Waals surface area (Å²) in [5, 5.41) is 0. The summed E-state index contributed by atoms with van der Waals surface area (Å²) in [5.41, 5.74) is 7.30. The lowest BCUT2D eigenvalue weighted by Gasteiger charge is -2.32. The zero-order chi connectivity index (χ0) is 11.5. The minimum Gasteiger partial charge on any atom is -0.496 e. The van der Waals surface area contributed by atoms with Crippen molar-refractivity contribution < 1.29 is 9.47 Å². The molecular formula is C13H20ClNO2. The van der Waals surface area contributed by atoms with Crippen molar-refractivity contribution in [3.05, 3.63) is 23.8 Å². The van der Waals surface area contributed by atoms with Crippen molar-refractivity contribution in [3.63, 3.8) is 0 Å². The summed E-state index contributed by atoms with van der Waals surface area (Å²) in [6, 6.07) is 5.83. The molecule has 0 bridgehead atoms. The minimum absolute atomic E-state index is 0. The van der Waals surface area contributed by atoms with Gasteiger partial charge in [0.1, 0.15) is 11.5 Å². The van der Waals surface area contributed by atoms with Gasteiger partial charge in [0.25, 0.3) is 0 Å². The van der Waals surface area contributed by atoms with Gasteiger partial charge in [-0.1, -0.05) is 12.5 Å². The van der Waals surface area contributed by atoms with Gasteiger partial charge in [-0.15, -0.1) is 12.4 Å². The Bertz CT molecular complexity index is 344. The van der Waals surface area contributed by atoms with Crippen molar-refractivity contribution in [2.24, 2.45) is 11.7 Å². The number of halogens is 1. The number of hydrogen-bond acceptors (Lipinski definition) is 3. The molecule has 2 rings (SSSR count). The maximum atomic E-state index is 6.29. The topological polar surface area (TPSA) is 44.5 Å². The van der Waals surface area contributed by atoms with Gasteiger partial charge in [-0.3, -0.25) is 0 Å². The molecule has 0 heterocycles. The molecule has 0 amide bonds. The highest BCUT2D eigenvalue weighted by atomic mass is 35.5. The third-order valence-corrected chi connectivity index (χ3v) is 3.46. The molecule has 1 aromatic rings. The molecule has 1 saturated carbocycles. The van der Waals surface area contributed by atoms with Gasteiger partial charge in [0.15, 0.2) is 0 Å². The Morgan fingerprint density at radius 1 is 1.18 bits per heavy atom. The first kappa shape index (κ1) is 14.1. The Morgan fingerprint density at radius 3 is 2.06 bits per heavy atom. The van der Waals surface area contributed by atoms with Crippen LogP contribution in [-0.4, -0.2) is 14.2 Å². The minimum atomic E-state index is 0. The molecule has 0 aliphatic heterocycles. The summed E-state index contributed by atoms with van der Waals surface area (Å²) in [6.07, 6.45) is 3.71. The first-order valence-corrected chi connectivity index (χ1v) is 5.74. The highest BCUT2D eigenvalue weighted by molar-refractivity contribution is 5.85. The van der Waals surface area contributed by atoms with E-state index in [4.69, 9.17) is 15.2 Å². The van der Waals surface area contributed by atoms with Crippen molar-refractivity contribution in [1.82, 2.24) is 0 Å². The van der Waals surface area contributed by atoms with E-state index >= 15 is 0 Å². The van der Waals surface area contributed by atoms with Crippen molar-refractivity contribution in [1.29, 1.82) is 0 Å². The number of benzene rings is 1. The lowest BCUT2D eigenvalue weighted by Crippen LogP contribution is -2.27. The van der Waals surface area contributed by atoms with Crippen LogP contribution < -0.4 is 15.2 Å². The maximum absolute atomic E-state index is 6.29. The van der Waals surface area contributed by atoms with Crippen LogP contribution in [0.5, 0.6) is 11.5 Å². The summed E-state index contributed by atoms with van der Waals surface area (Å²) in [4.78, 5) is 0. The molecule has 1 fully saturated rings. The summed E-state index contributed by atoms with van der Waals surface area (Å²) < 4.78 is 10.7. The van der Waals surface area contributed by atoms with Gasteiger partial charge >= 0.3 is 0 Å². The van der Waals surface area contributed by atoms with E-state index in [2.05, 4.69) is 0 Å². The van der Waals surface area contributed by atoms with Gasteiger partial charge in [-0.2, -0.15) is 0 Å². The fourth-order valence-corrected chi connectivity index (χ4v) is 2.24. The highest BCUT2D eigenvalue weighted by Gasteiger charge is 2.29. The second-order valence-corrected chi connectivity index (χ2v) is 4.29. The van der Waals surface area contributed by atoms with Crippen LogP contribution in [-0.2, 0) is 0 Å². The molecule has 0 aromatic heterocycles. The average Bonchev–Trinajstić information content (AvgIpc) is 2.25. The molecule has 17 heavy (non-hydrogen) atoms. The van der Waals surface area contributed by atoms with E-state index in [1.54, 1.807) is 14.2 Å². The van der Waals surface area contributed by atoms with Crippen molar-refractivity contribution in [2.75, 3.05) is 14.2 Å². The van der Waals surface area contributed by atoms with Gasteiger partial charge in [0.05, 0.1) is 19.8 Å². The number of ether oxygens (including phenoxy) is 2. The Hall–Kier alpha value is -0.930. The van der Waals surface area contributed by atoms with Crippen LogP contribution in [0.3, 0.4) is 0 Å². The monoisotopic (exact) mass is 257 g/mol. The maximum Gasteiger partial charge on any atom is 0.127 e. The third kappa shape index (κ3) is 2.67. The van der Waals surface area contributed by atoms with E-state index in [-0.39, 0.29) is 18.4 Å². The zero-order valence-electron chi connectivity index (χ0n) is 10.3. The zero-order valence-corrected chi connectivity index (χ0v) is 11.1. The second kappa shape index (κ2) is 6.12. The Balaban J connectivity index is 0.00000144. The lowest BCUT2D eigenvalue weighted by molar-refractivity contribution is 0.254. The highest BCUT2D eigenvalue weighted by Crippen LogP contribution is 2.42. The van der Waals surface area contributed by atoms with Crippen LogP contribution >= 0.6 is 12.4 Å². The van der Waals surface area contributed by atoms with Crippen LogP contribution in [0.1, 0.15) is 30.9 Å². The van der Waals surface area contributed by atoms with Gasteiger partial charge in [0, 0.05) is 6.04 Å². The Kier molecular flexibility index (Phi) is 5.09. The predicted molar refractivity (Wildman–Crippen MR) is 71.1 cm³/mol. The normalized spacial score (nSPS) is 16.6. The van der Waals surface area contributed by atoms with Gasteiger partial charge in [0.2, 0.25) is 0 Å². The first-order valence-electron chi connectivity index (χ1n) is 5.74. The number of rotatable bonds is 4. The predicted octanol–water partition coefficient (Wildman–Crippen LogP) is 2.93. The van der Waals surface area contributed by atoms with Gasteiger partial charge in [-0.25, -0.2) is 0 Å². The van der Waals surface area contributed by atoms with Crippen molar-refractivity contribution in [3.8, 4) is 11.5 Å². The van der Waals surface area contributed by atoms with Crippen LogP contribution in [0.2, 0.25) is 0 Å². The Labute approximate surface area is 109 Å². The van der Waals surface area contributed by atoms with Crippen LogP contribution in [0.15, 0.2) is 18.2 Å². The molecule has 0 saturated heterocycles. The molecule has 1 aromatic carbocycles. The number of hydrogen-bond donors (Lipinski definition) is 1. The molecule has 0 radical (unpaired) electrons. The van der Waals surface area contributed by atoms with Gasteiger partial charge in [-0.05, 0) is 30.9 Å². The lowest BCUT2D eigenvalue weighted by atomic mass is 9.77. The van der Waals surface area contributed by atoms with E-state index in [1.165, 1.54) is 19.3 Å². The third-order valence-electron chi connectivity index (χ3n) is 3.46. The van der Waals surface area contributed by atoms with Crippen LogP contribution in [0.25, 0.3) is 0 Å². The molecule has 96 valence electrons. The van der Waals surface area contributed by atoms with E-state index in [9.17, 15) is 0 Å². The first-order chi connectivity index (χ1) is 7.77. The van der Waals surface area contributed by atoms with Crippen LogP contribution in [0.4, 0.5) is 0 Å². The van der Waals surface area contributed by atoms with Gasteiger partial charge < -0.3 is 15.2 Å². The summed E-state index contributed by atoms with van der Waals surface area (Å²) in [5.74, 6) is 2.24. The fraction of sp³-hybridized carbons (Fsp3) is 0.538. The summed E-state index contributed by atoms with van der Waals surface area (Å²) >= 11 is 0. The molecule has 4 heteroatoms. The molecule has 3 nitrogen and oxygen atoms in total. The van der Waals surface area contributed by atoms with Crippen molar-refractivity contribution in [2.45, 2.75) is 25.3 Å². The summed E-state index contributed by atoms with van der Waals surface area (Å²) in [7, 11) is 3.34. The molecular weight excluding hydrogens is 238 g/mol. The molecule has 0 spiro atoms. The van der Waals surface area contributed by atoms with Crippen molar-refractivity contribution >= 4 is 12.4 Å². The number of nitrogens with two attached hydrogens (primary N) is 1.